The third kappa shape index (κ3) is 21.7. The molecule has 5 fully saturated rings. The molecule has 1 amide bonds. The molecule has 19 rings (SSSR count). The number of aryl methyl sites for hydroxylation is 4. The Morgan fingerprint density at radius 2 is 0.748 bits per heavy atom. The molecule has 10 aromatic heterocycles. The number of nitrogen functional groups attached to an aromatic ring is 3. The summed E-state index contributed by atoms with van der Waals surface area (Å²) in [5.74, 6) is -1.30. The SMILES string of the molecule is CC(C)(O)c1cc(C(=O)O)ccn1.Cc1ccc(N)cc1-c1cc(N2CCOCC2)c2nccn2n1.Cc1ccc(N)cc1-c1cc(N2CCOCC2)c2nccn2n1.Cc1ccc(N)cc1B1OC(C)(C)C(C)(C)O1.Cc1ccc(NC(=O)c2ccnc(C(C)(C)O)c2)cc1-c1cc(N2CCOCC2)c2nccn2n1.Clc1cc(N2CCOCC2)c2nccn2n1. The van der Waals surface area contributed by atoms with Crippen LogP contribution in [0.3, 0.4) is 0 Å². The first kappa shape index (κ1) is 90.5. The van der Waals surface area contributed by atoms with E-state index >= 15 is 0 Å². The molecule has 662 valence electrons. The van der Waals surface area contributed by atoms with Crippen LogP contribution in [0, 0.1) is 27.7 Å². The average molecular weight is 1740 g/mol. The van der Waals surface area contributed by atoms with Crippen LogP contribution in [0.2, 0.25) is 5.15 Å². The van der Waals surface area contributed by atoms with Gasteiger partial charge in [0.25, 0.3) is 5.91 Å². The Morgan fingerprint density at radius 1 is 0.417 bits per heavy atom. The highest BCUT2D eigenvalue weighted by molar-refractivity contribution is 6.62. The summed E-state index contributed by atoms with van der Waals surface area (Å²) in [6.45, 7) is 35.3. The van der Waals surface area contributed by atoms with E-state index in [1.54, 1.807) is 79.8 Å². The summed E-state index contributed by atoms with van der Waals surface area (Å²) in [5, 5.41) is 50.2. The van der Waals surface area contributed by atoms with Gasteiger partial charge in [-0.25, -0.2) is 42.8 Å². The fourth-order valence-corrected chi connectivity index (χ4v) is 15.0. The molecule has 0 aliphatic carbocycles. The molecule has 4 aromatic carbocycles. The Hall–Kier alpha value is -12.8. The van der Waals surface area contributed by atoms with Gasteiger partial charge in [-0.15, -0.1) is 0 Å². The van der Waals surface area contributed by atoms with Gasteiger partial charge in [-0.2, -0.15) is 20.4 Å². The molecule has 35 heteroatoms. The second-order valence-electron chi connectivity index (χ2n) is 33.4. The Morgan fingerprint density at radius 3 is 1.13 bits per heavy atom. The molecule has 0 saturated carbocycles. The monoisotopic (exact) mass is 1740 g/mol. The van der Waals surface area contributed by atoms with E-state index in [0.717, 1.165) is 216 Å². The third-order valence-corrected chi connectivity index (χ3v) is 22.9. The maximum Gasteiger partial charge on any atom is 0.495 e. The number of aromatic carboxylic acids is 1. The van der Waals surface area contributed by atoms with E-state index in [2.05, 4.69) is 120 Å². The summed E-state index contributed by atoms with van der Waals surface area (Å²) in [6, 6.07) is 37.5. The lowest BCUT2D eigenvalue weighted by Crippen LogP contribution is -2.41. The van der Waals surface area contributed by atoms with Crippen LogP contribution in [0.25, 0.3) is 56.4 Å². The Labute approximate surface area is 741 Å². The molecule has 0 bridgehead atoms. The fourth-order valence-electron chi connectivity index (χ4n) is 14.8. The zero-order valence-corrected chi connectivity index (χ0v) is 74.2. The van der Waals surface area contributed by atoms with E-state index in [1.165, 1.54) is 24.5 Å². The van der Waals surface area contributed by atoms with Crippen LogP contribution in [0.5, 0.6) is 0 Å². The Bertz CT molecular complexity index is 6060. The molecular formula is C92H108BClN22O11. The highest BCUT2D eigenvalue weighted by Crippen LogP contribution is 2.39. The second-order valence-corrected chi connectivity index (χ2v) is 33.8. The van der Waals surface area contributed by atoms with E-state index in [9.17, 15) is 19.8 Å². The molecule has 0 unspecified atom stereocenters. The largest absolute Gasteiger partial charge is 0.495 e. The number of hydrogen-bond donors (Lipinski definition) is 7. The highest BCUT2D eigenvalue weighted by Gasteiger charge is 2.52. The minimum absolute atomic E-state index is 0.132. The summed E-state index contributed by atoms with van der Waals surface area (Å²) >= 11 is 5.98. The van der Waals surface area contributed by atoms with E-state index in [-0.39, 0.29) is 29.8 Å². The van der Waals surface area contributed by atoms with Gasteiger partial charge < -0.3 is 85.7 Å². The van der Waals surface area contributed by atoms with Gasteiger partial charge in [0.15, 0.2) is 27.7 Å². The van der Waals surface area contributed by atoms with Crippen molar-refractivity contribution < 1.29 is 53.2 Å². The number of nitrogens with zero attached hydrogens (tertiary/aromatic N) is 18. The molecule has 14 aromatic rings. The summed E-state index contributed by atoms with van der Waals surface area (Å²) in [6.07, 6.45) is 17.3. The maximum atomic E-state index is 13.0. The van der Waals surface area contributed by atoms with Gasteiger partial charge in [0.05, 0.1) is 121 Å². The van der Waals surface area contributed by atoms with Crippen LogP contribution in [-0.2, 0) is 39.5 Å². The van der Waals surface area contributed by atoms with Crippen LogP contribution in [0.15, 0.2) is 183 Å². The molecule has 5 aliphatic rings. The second kappa shape index (κ2) is 39.0. The molecule has 33 nitrogen and oxygen atoms in total. The van der Waals surface area contributed by atoms with Crippen molar-refractivity contribution in [1.29, 1.82) is 0 Å². The number of carboxylic acids is 1. The number of nitrogens with one attached hydrogen (secondary N) is 1. The van der Waals surface area contributed by atoms with Crippen molar-refractivity contribution in [2.75, 3.05) is 147 Å². The number of amides is 1. The lowest BCUT2D eigenvalue weighted by molar-refractivity contribution is 0.00578. The number of nitrogens with two attached hydrogens (primary N) is 3. The van der Waals surface area contributed by atoms with Gasteiger partial charge >= 0.3 is 13.1 Å². The standard InChI is InChI=1S/C26H28N6O3.2C17H19N5O.C13H20BNO2.C10H11ClN4O.C9H11NO3/c1-17-4-5-19(29-25(33)18-6-7-27-23(14-18)26(2,3)34)15-20(17)21-16-22(31-10-12-35-13-11-31)24-28-8-9-32(24)30-21;2*1-12-2-3-13(18)10-14(12)15-11-16(21-6-8-23-9-7-21)17-19-4-5-22(17)20-15;1-9-6-7-10(15)8-11(9)14-16-12(2,3)13(4,5)17-14;11-9-7-8(14-3-5-16-6-4-14)10-12-1-2-15(10)13-9;1-9(2,13)7-5-6(8(11)12)3-4-10-7/h4-9,14-16,34H,10-13H2,1-3H3,(H,29,33);2*2-5,10-11H,6-9,18H2,1H3;6-8H,15H2,1-5H3;1-2,7H,3-6H2;3-5,13H,1-2H3,(H,11,12). The molecule has 10 N–H and O–H groups in total. The van der Waals surface area contributed by atoms with E-state index in [0.29, 0.717) is 41.0 Å². The number of aliphatic hydroxyl groups is 2. The van der Waals surface area contributed by atoms with E-state index in [1.807, 2.05) is 120 Å². The first-order chi connectivity index (χ1) is 60.7. The van der Waals surface area contributed by atoms with Gasteiger partial charge in [0.1, 0.15) is 11.2 Å². The first-order valence-corrected chi connectivity index (χ1v) is 42.4. The number of carbonyl (C=O) groups excluding carboxylic acids is 1. The number of halogens is 1. The molecule has 5 aliphatic heterocycles. The smallest absolute Gasteiger partial charge is 0.478 e. The van der Waals surface area contributed by atoms with Crippen LogP contribution in [-0.4, -0.2) is 219 Å². The van der Waals surface area contributed by atoms with Crippen molar-refractivity contribution >= 4 is 104 Å². The van der Waals surface area contributed by atoms with Crippen LogP contribution < -0.4 is 47.6 Å². The number of benzene rings is 4. The number of pyridine rings is 2. The summed E-state index contributed by atoms with van der Waals surface area (Å²) in [4.78, 5) is 58.4. The van der Waals surface area contributed by atoms with Crippen molar-refractivity contribution in [3.63, 3.8) is 0 Å². The topological polar surface area (TPSA) is 400 Å². The van der Waals surface area contributed by atoms with Gasteiger partial charge in [0.2, 0.25) is 0 Å². The number of aromatic nitrogens is 14. The summed E-state index contributed by atoms with van der Waals surface area (Å²) in [7, 11) is -0.330. The number of rotatable bonds is 13. The van der Waals surface area contributed by atoms with E-state index in [4.69, 9.17) is 77.5 Å². The zero-order valence-electron chi connectivity index (χ0n) is 73.5. The van der Waals surface area contributed by atoms with Crippen LogP contribution in [0.4, 0.5) is 45.5 Å². The fraction of sp³-hybridized carbons (Fsp3) is 0.348. The lowest BCUT2D eigenvalue weighted by Gasteiger charge is -2.32. The minimum Gasteiger partial charge on any atom is -0.478 e. The molecule has 0 spiro atoms. The van der Waals surface area contributed by atoms with Gasteiger partial charge in [-0.1, -0.05) is 41.4 Å². The molecule has 127 heavy (non-hydrogen) atoms. The van der Waals surface area contributed by atoms with Crippen molar-refractivity contribution in [3.05, 3.63) is 233 Å². The number of hydrogen-bond acceptors (Lipinski definition) is 27. The first-order valence-electron chi connectivity index (χ1n) is 42.0. The zero-order chi connectivity index (χ0) is 90.1. The number of carbonyl (C=O) groups is 2. The number of anilines is 8. The quantitative estimate of drug-likeness (QED) is 0.0416. The van der Waals surface area contributed by atoms with Crippen LogP contribution in [0.1, 0.15) is 110 Å². The van der Waals surface area contributed by atoms with Crippen molar-refractivity contribution in [2.24, 2.45) is 0 Å². The number of imidazole rings is 4. The maximum absolute atomic E-state index is 13.0. The number of morpholine rings is 4. The molecular weight excluding hydrogens is 1640 g/mol. The average Bonchev–Trinajstić information content (AvgIpc) is 1.67. The summed E-state index contributed by atoms with van der Waals surface area (Å²) in [5.41, 5.74) is 37.8. The number of ether oxygens (including phenoxy) is 4. The van der Waals surface area contributed by atoms with E-state index < -0.39 is 17.2 Å². The number of fused-ring (bicyclic) bond motifs is 4. The predicted molar refractivity (Wildman–Crippen MR) is 494 cm³/mol. The highest BCUT2D eigenvalue weighted by atomic mass is 35.5. The third-order valence-electron chi connectivity index (χ3n) is 22.7. The molecule has 0 atom stereocenters. The van der Waals surface area contributed by atoms with Crippen molar-refractivity contribution in [2.45, 2.75) is 105 Å². The number of carboxylic acid groups (broad SMARTS) is 1. The minimum atomic E-state index is -1.14. The van der Waals surface area contributed by atoms with Gasteiger partial charge in [-0.3, -0.25) is 14.8 Å². The normalized spacial score (nSPS) is 15.7. The molecule has 15 heterocycles. The predicted octanol–water partition coefficient (Wildman–Crippen LogP) is 11.8. The Kier molecular flexibility index (Phi) is 27.8. The van der Waals surface area contributed by atoms with Crippen LogP contribution >= 0.6 is 11.6 Å². The van der Waals surface area contributed by atoms with Gasteiger partial charge in [-0.05, 0) is 196 Å². The molecule has 0 radical (unpaired) electrons. The lowest BCUT2D eigenvalue weighted by atomic mass is 9.76. The Balaban J connectivity index is 0.000000127. The summed E-state index contributed by atoms with van der Waals surface area (Å²) < 4.78 is 41.0. The van der Waals surface area contributed by atoms with Gasteiger partial charge in [0, 0.05) is 165 Å². The van der Waals surface area contributed by atoms with Crippen molar-refractivity contribution in [3.8, 4) is 33.8 Å². The molecule has 5 saturated heterocycles. The van der Waals surface area contributed by atoms with Crippen molar-refractivity contribution in [1.82, 2.24) is 68.4 Å².